The number of hydrogen-bond acceptors (Lipinski definition) is 4. The first-order valence-corrected chi connectivity index (χ1v) is 10.0. The number of aromatic nitrogens is 2. The molecule has 0 saturated carbocycles. The van der Waals surface area contributed by atoms with E-state index in [1.165, 1.54) is 0 Å². The van der Waals surface area contributed by atoms with E-state index in [2.05, 4.69) is 15.5 Å². The predicted molar refractivity (Wildman–Crippen MR) is 116 cm³/mol. The Hall–Kier alpha value is -4.14. The lowest BCUT2D eigenvalue weighted by atomic mass is 10.1. The molecule has 0 spiro atoms. The van der Waals surface area contributed by atoms with E-state index in [9.17, 15) is 18.0 Å². The molecule has 168 valence electrons. The molecule has 3 aromatic carbocycles. The van der Waals surface area contributed by atoms with Gasteiger partial charge >= 0.3 is 18.1 Å². The van der Waals surface area contributed by atoms with Crippen LogP contribution in [0.4, 0.5) is 23.7 Å². The van der Waals surface area contributed by atoms with E-state index in [1.54, 1.807) is 29.2 Å². The van der Waals surface area contributed by atoms with Crippen molar-refractivity contribution in [3.63, 3.8) is 0 Å². The Bertz CT molecular complexity index is 1190. The van der Waals surface area contributed by atoms with Crippen LogP contribution in [-0.2, 0) is 19.3 Å². The second-order valence-corrected chi connectivity index (χ2v) is 7.17. The summed E-state index contributed by atoms with van der Waals surface area (Å²) in [6, 6.07) is 25.0. The predicted octanol–water partition coefficient (Wildman–Crippen LogP) is 5.67. The summed E-state index contributed by atoms with van der Waals surface area (Å²) in [5, 5.41) is 9.42. The van der Waals surface area contributed by atoms with Gasteiger partial charge in [0, 0.05) is 17.8 Å². The van der Waals surface area contributed by atoms with Gasteiger partial charge in [-0.25, -0.2) is 4.79 Å². The third-order valence-electron chi connectivity index (χ3n) is 4.81. The highest BCUT2D eigenvalue weighted by molar-refractivity contribution is 5.91. The topological polar surface area (TPSA) is 71.3 Å². The average molecular weight is 452 g/mol. The molecule has 1 aromatic heterocycles. The van der Waals surface area contributed by atoms with Crippen LogP contribution in [0.1, 0.15) is 17.0 Å². The van der Waals surface area contributed by atoms with Crippen molar-refractivity contribution in [2.45, 2.75) is 19.3 Å². The van der Waals surface area contributed by atoms with Gasteiger partial charge in [0.15, 0.2) is 0 Å². The van der Waals surface area contributed by atoms with Crippen LogP contribution in [0, 0.1) is 0 Å². The average Bonchev–Trinajstić information content (AvgIpc) is 3.34. The quantitative estimate of drug-likeness (QED) is 0.409. The normalized spacial score (nSPS) is 11.2. The van der Waals surface area contributed by atoms with Crippen LogP contribution >= 0.6 is 0 Å². The Labute approximate surface area is 187 Å². The first-order chi connectivity index (χ1) is 15.9. The van der Waals surface area contributed by atoms with Crippen molar-refractivity contribution in [1.29, 1.82) is 0 Å². The van der Waals surface area contributed by atoms with Crippen LogP contribution < -0.4 is 10.2 Å². The molecule has 9 heteroatoms. The van der Waals surface area contributed by atoms with Crippen LogP contribution in [0.5, 0.6) is 0 Å². The first-order valence-electron chi connectivity index (χ1n) is 10.0. The summed E-state index contributed by atoms with van der Waals surface area (Å²) in [7, 11) is 0. The van der Waals surface area contributed by atoms with Crippen molar-refractivity contribution in [1.82, 2.24) is 15.5 Å². The van der Waals surface area contributed by atoms with Crippen molar-refractivity contribution in [2.24, 2.45) is 0 Å². The smallest absolute Gasteiger partial charge is 0.413 e. The van der Waals surface area contributed by atoms with Gasteiger partial charge in [-0.3, -0.25) is 4.90 Å². The van der Waals surface area contributed by atoms with E-state index < -0.39 is 12.1 Å². The zero-order chi connectivity index (χ0) is 23.3. The molecule has 1 N–H and O–H groups in total. The van der Waals surface area contributed by atoms with E-state index in [0.29, 0.717) is 17.8 Å². The number of nitrogens with one attached hydrogen (secondary N) is 1. The lowest BCUT2D eigenvalue weighted by molar-refractivity contribution is -0.156. The minimum absolute atomic E-state index is 0.227. The third kappa shape index (κ3) is 5.57. The summed E-state index contributed by atoms with van der Waals surface area (Å²) in [6.45, 7) is 0.628. The molecular weight excluding hydrogens is 433 g/mol. The summed E-state index contributed by atoms with van der Waals surface area (Å²) in [5.74, 6) is -1.62. The van der Waals surface area contributed by atoms with Crippen molar-refractivity contribution in [2.75, 3.05) is 4.90 Å². The number of alkyl halides is 3. The maximum Gasteiger partial charge on any atom is 0.470 e. The summed E-state index contributed by atoms with van der Waals surface area (Å²) >= 11 is 0. The second-order valence-electron chi connectivity index (χ2n) is 7.17. The van der Waals surface area contributed by atoms with Crippen LogP contribution in [0.2, 0.25) is 0 Å². The number of amides is 2. The molecule has 0 aliphatic rings. The lowest BCUT2D eigenvalue weighted by Gasteiger charge is -2.23. The Morgan fingerprint density at radius 1 is 0.848 bits per heavy atom. The molecule has 0 saturated heterocycles. The molecule has 1 heterocycles. The molecule has 0 aliphatic carbocycles. The van der Waals surface area contributed by atoms with Gasteiger partial charge in [-0.15, -0.1) is 10.2 Å². The molecular formula is C24H19F3N4O2. The number of para-hydroxylation sites is 1. The molecule has 2 amide bonds. The molecule has 0 fully saturated rings. The highest BCUT2D eigenvalue weighted by Crippen LogP contribution is 2.30. The van der Waals surface area contributed by atoms with E-state index in [1.807, 2.05) is 60.7 Å². The number of benzene rings is 3. The molecule has 0 radical (unpaired) electrons. The Kier molecular flexibility index (Phi) is 6.39. The fraction of sp³-hybridized carbons (Fsp3) is 0.125. The molecule has 0 aliphatic heterocycles. The summed E-state index contributed by atoms with van der Waals surface area (Å²) in [6.07, 6.45) is -4.70. The lowest BCUT2D eigenvalue weighted by Crippen LogP contribution is -2.39. The Morgan fingerprint density at radius 2 is 1.48 bits per heavy atom. The van der Waals surface area contributed by atoms with E-state index in [4.69, 9.17) is 4.42 Å². The molecule has 4 aromatic rings. The number of nitrogens with zero attached hydrogens (tertiary/aromatic N) is 3. The third-order valence-corrected chi connectivity index (χ3v) is 4.81. The molecule has 4 rings (SSSR count). The van der Waals surface area contributed by atoms with Gasteiger partial charge in [0.05, 0.1) is 6.54 Å². The molecule has 6 nitrogen and oxygen atoms in total. The molecule has 33 heavy (non-hydrogen) atoms. The monoisotopic (exact) mass is 452 g/mol. The number of hydrogen-bond donors (Lipinski definition) is 1. The van der Waals surface area contributed by atoms with Crippen molar-refractivity contribution >= 4 is 11.7 Å². The second kappa shape index (κ2) is 9.56. The first kappa shape index (κ1) is 22.1. The zero-order valence-electron chi connectivity index (χ0n) is 17.3. The van der Waals surface area contributed by atoms with Gasteiger partial charge in [-0.05, 0) is 35.4 Å². The summed E-state index contributed by atoms with van der Waals surface area (Å²) in [5.41, 5.74) is 2.80. The molecule has 0 bridgehead atoms. The fourth-order valence-corrected chi connectivity index (χ4v) is 3.15. The van der Waals surface area contributed by atoms with Gasteiger partial charge in [0.2, 0.25) is 5.89 Å². The summed E-state index contributed by atoms with van der Waals surface area (Å²) < 4.78 is 42.8. The zero-order valence-corrected chi connectivity index (χ0v) is 17.3. The van der Waals surface area contributed by atoms with Gasteiger partial charge in [0.25, 0.3) is 0 Å². The van der Waals surface area contributed by atoms with Gasteiger partial charge in [-0.2, -0.15) is 13.2 Å². The number of rotatable bonds is 6. The van der Waals surface area contributed by atoms with Crippen LogP contribution in [-0.4, -0.2) is 16.2 Å². The number of anilines is 1. The minimum Gasteiger partial charge on any atom is -0.413 e. The number of urea groups is 1. The molecule has 0 atom stereocenters. The SMILES string of the molecule is O=C(NCc1ccccc1)N(Cc1ccc(-c2nnc(C(F)(F)F)o2)cc1)c1ccccc1. The van der Waals surface area contributed by atoms with Gasteiger partial charge in [0.1, 0.15) is 0 Å². The Morgan fingerprint density at radius 3 is 2.09 bits per heavy atom. The van der Waals surface area contributed by atoms with Gasteiger partial charge in [-0.1, -0.05) is 60.7 Å². The van der Waals surface area contributed by atoms with E-state index >= 15 is 0 Å². The van der Waals surface area contributed by atoms with Crippen LogP contribution in [0.25, 0.3) is 11.5 Å². The standard InChI is InChI=1S/C24H19F3N4O2/c25-24(26,27)22-30-29-21(33-22)19-13-11-18(12-14-19)16-31(20-9-5-2-6-10-20)23(32)28-15-17-7-3-1-4-8-17/h1-14H,15-16H2,(H,28,32). The fourth-order valence-electron chi connectivity index (χ4n) is 3.15. The van der Waals surface area contributed by atoms with Crippen LogP contribution in [0.15, 0.2) is 89.3 Å². The van der Waals surface area contributed by atoms with E-state index in [-0.39, 0.29) is 18.5 Å². The van der Waals surface area contributed by atoms with Crippen molar-refractivity contribution < 1.29 is 22.4 Å². The highest BCUT2D eigenvalue weighted by atomic mass is 19.4. The van der Waals surface area contributed by atoms with E-state index in [0.717, 1.165) is 11.1 Å². The highest BCUT2D eigenvalue weighted by Gasteiger charge is 2.38. The van der Waals surface area contributed by atoms with Crippen molar-refractivity contribution in [3.8, 4) is 11.5 Å². The minimum atomic E-state index is -4.70. The number of halogens is 3. The Balaban J connectivity index is 1.50. The number of carbonyl (C=O) groups is 1. The largest absolute Gasteiger partial charge is 0.470 e. The van der Waals surface area contributed by atoms with Gasteiger partial charge < -0.3 is 9.73 Å². The maximum atomic E-state index is 13.0. The number of carbonyl (C=O) groups excluding carboxylic acids is 1. The van der Waals surface area contributed by atoms with Crippen molar-refractivity contribution in [3.05, 3.63) is 102 Å². The molecule has 0 unspecified atom stereocenters. The van der Waals surface area contributed by atoms with Crippen LogP contribution in [0.3, 0.4) is 0 Å². The maximum absolute atomic E-state index is 13.0. The summed E-state index contributed by atoms with van der Waals surface area (Å²) in [4.78, 5) is 14.6.